The Hall–Kier alpha value is -0.840. The van der Waals surface area contributed by atoms with Gasteiger partial charge in [-0.05, 0) is 32.0 Å². The molecule has 0 radical (unpaired) electrons. The first-order valence-corrected chi connectivity index (χ1v) is 6.42. The molecule has 2 rings (SSSR count). The molecule has 1 N–H and O–H groups in total. The average Bonchev–Trinajstić information content (AvgIpc) is 2.80. The molecule has 1 heterocycles. The number of nitrogens with one attached hydrogen (secondary N) is 1. The lowest BCUT2D eigenvalue weighted by Gasteiger charge is -2.24. The highest BCUT2D eigenvalue weighted by molar-refractivity contribution is 6.31. The number of carbonyl (C=O) groups excluding carboxylic acids is 1. The van der Waals surface area contributed by atoms with Crippen molar-refractivity contribution in [2.75, 3.05) is 20.1 Å². The largest absolute Gasteiger partial charge is 0.334 e. The van der Waals surface area contributed by atoms with Gasteiger partial charge in [0.2, 0.25) is 0 Å². The van der Waals surface area contributed by atoms with Gasteiger partial charge in [-0.1, -0.05) is 17.7 Å². The molecular formula is C13H17Cl2FN2O. The first kappa shape index (κ1) is 16.2. The fraction of sp³-hybridized carbons (Fsp3) is 0.462. The van der Waals surface area contributed by atoms with Gasteiger partial charge in [0.05, 0.1) is 10.6 Å². The summed E-state index contributed by atoms with van der Waals surface area (Å²) in [6.45, 7) is 1.41. The van der Waals surface area contributed by atoms with Crippen LogP contribution < -0.4 is 5.32 Å². The van der Waals surface area contributed by atoms with Gasteiger partial charge in [-0.3, -0.25) is 4.79 Å². The summed E-state index contributed by atoms with van der Waals surface area (Å²) in [6.07, 6.45) is 1.91. The maximum atomic E-state index is 13.8. The Morgan fingerprint density at radius 1 is 1.58 bits per heavy atom. The number of likely N-dealkylation sites (N-methyl/N-ethyl adjacent to an activating group) is 1. The number of halogens is 3. The summed E-state index contributed by atoms with van der Waals surface area (Å²) in [7, 11) is 1.85. The molecule has 1 aliphatic heterocycles. The van der Waals surface area contributed by atoms with Crippen LogP contribution in [0.4, 0.5) is 4.39 Å². The summed E-state index contributed by atoms with van der Waals surface area (Å²) in [6, 6.07) is 4.67. The molecule has 0 bridgehead atoms. The van der Waals surface area contributed by atoms with Crippen LogP contribution in [0.3, 0.4) is 0 Å². The van der Waals surface area contributed by atoms with Crippen LogP contribution in [-0.4, -0.2) is 37.0 Å². The quantitative estimate of drug-likeness (QED) is 0.931. The molecule has 1 unspecified atom stereocenters. The Balaban J connectivity index is 0.00000180. The van der Waals surface area contributed by atoms with Gasteiger partial charge < -0.3 is 10.2 Å². The highest BCUT2D eigenvalue weighted by Crippen LogP contribution is 2.23. The van der Waals surface area contributed by atoms with E-state index in [-0.39, 0.29) is 34.9 Å². The smallest absolute Gasteiger partial charge is 0.257 e. The summed E-state index contributed by atoms with van der Waals surface area (Å²) < 4.78 is 13.8. The van der Waals surface area contributed by atoms with Crippen LogP contribution in [0, 0.1) is 5.82 Å². The SMILES string of the molecule is CNCC1CCCN1C(=O)c1cccc(Cl)c1F.Cl. The molecule has 1 saturated heterocycles. The predicted molar refractivity (Wildman–Crippen MR) is 76.6 cm³/mol. The normalized spacial score (nSPS) is 18.3. The van der Waals surface area contributed by atoms with Crippen LogP contribution in [0.2, 0.25) is 5.02 Å². The summed E-state index contributed by atoms with van der Waals surface area (Å²) in [5.41, 5.74) is 0.0607. The van der Waals surface area contributed by atoms with E-state index in [1.54, 1.807) is 11.0 Å². The van der Waals surface area contributed by atoms with Gasteiger partial charge in [0.15, 0.2) is 5.82 Å². The zero-order chi connectivity index (χ0) is 13.1. The lowest BCUT2D eigenvalue weighted by atomic mass is 10.1. The Morgan fingerprint density at radius 2 is 2.32 bits per heavy atom. The lowest BCUT2D eigenvalue weighted by Crippen LogP contribution is -2.41. The van der Waals surface area contributed by atoms with Gasteiger partial charge in [-0.2, -0.15) is 0 Å². The molecule has 1 aromatic rings. The van der Waals surface area contributed by atoms with Crippen molar-refractivity contribution >= 4 is 29.9 Å². The maximum Gasteiger partial charge on any atom is 0.257 e. The molecule has 0 aliphatic carbocycles. The molecule has 3 nitrogen and oxygen atoms in total. The zero-order valence-corrected chi connectivity index (χ0v) is 12.2. The van der Waals surface area contributed by atoms with Gasteiger partial charge in [0, 0.05) is 19.1 Å². The summed E-state index contributed by atoms with van der Waals surface area (Å²) >= 11 is 5.70. The minimum absolute atomic E-state index is 0. The zero-order valence-electron chi connectivity index (χ0n) is 10.7. The molecule has 106 valence electrons. The van der Waals surface area contributed by atoms with Gasteiger partial charge in [0.25, 0.3) is 5.91 Å². The third-order valence-electron chi connectivity index (χ3n) is 3.26. The van der Waals surface area contributed by atoms with E-state index in [9.17, 15) is 9.18 Å². The number of carbonyl (C=O) groups is 1. The second-order valence-electron chi connectivity index (χ2n) is 4.45. The summed E-state index contributed by atoms with van der Waals surface area (Å²) in [4.78, 5) is 14.0. The number of hydrogen-bond acceptors (Lipinski definition) is 2. The molecule has 1 amide bonds. The van der Waals surface area contributed by atoms with Gasteiger partial charge >= 0.3 is 0 Å². The Labute approximate surface area is 123 Å². The topological polar surface area (TPSA) is 32.3 Å². The van der Waals surface area contributed by atoms with Crippen molar-refractivity contribution in [3.05, 3.63) is 34.6 Å². The Bertz CT molecular complexity index is 456. The number of hydrogen-bond donors (Lipinski definition) is 1. The van der Waals surface area contributed by atoms with E-state index >= 15 is 0 Å². The first-order chi connectivity index (χ1) is 8.65. The van der Waals surface area contributed by atoms with Crippen LogP contribution >= 0.6 is 24.0 Å². The molecule has 0 saturated carbocycles. The predicted octanol–water partition coefficient (Wildman–Crippen LogP) is 2.72. The summed E-state index contributed by atoms with van der Waals surface area (Å²) in [5.74, 6) is -0.896. The fourth-order valence-electron chi connectivity index (χ4n) is 2.37. The Kier molecular flexibility index (Phi) is 6.04. The molecular weight excluding hydrogens is 290 g/mol. The molecule has 1 aliphatic rings. The van der Waals surface area contributed by atoms with Crippen molar-refractivity contribution in [1.29, 1.82) is 0 Å². The lowest BCUT2D eigenvalue weighted by molar-refractivity contribution is 0.0732. The van der Waals surface area contributed by atoms with Crippen LogP contribution in [0.15, 0.2) is 18.2 Å². The van der Waals surface area contributed by atoms with Crippen LogP contribution in [-0.2, 0) is 0 Å². The maximum absolute atomic E-state index is 13.8. The molecule has 1 fully saturated rings. The number of nitrogens with zero attached hydrogens (tertiary/aromatic N) is 1. The average molecular weight is 307 g/mol. The Morgan fingerprint density at radius 3 is 3.00 bits per heavy atom. The van der Waals surface area contributed by atoms with Gasteiger partial charge in [0.1, 0.15) is 0 Å². The van der Waals surface area contributed by atoms with Crippen molar-refractivity contribution in [3.8, 4) is 0 Å². The third-order valence-corrected chi connectivity index (χ3v) is 3.55. The monoisotopic (exact) mass is 306 g/mol. The second-order valence-corrected chi connectivity index (χ2v) is 4.86. The van der Waals surface area contributed by atoms with Crippen molar-refractivity contribution in [2.45, 2.75) is 18.9 Å². The number of benzene rings is 1. The second kappa shape index (κ2) is 7.08. The number of amides is 1. The fourth-order valence-corrected chi connectivity index (χ4v) is 2.55. The highest BCUT2D eigenvalue weighted by Gasteiger charge is 2.30. The molecule has 0 aromatic heterocycles. The molecule has 1 aromatic carbocycles. The number of likely N-dealkylation sites (tertiary alicyclic amines) is 1. The van der Waals surface area contributed by atoms with E-state index in [1.165, 1.54) is 12.1 Å². The van der Waals surface area contributed by atoms with Crippen LogP contribution in [0.5, 0.6) is 0 Å². The minimum Gasteiger partial charge on any atom is -0.334 e. The molecule has 1 atom stereocenters. The third kappa shape index (κ3) is 3.38. The molecule has 6 heteroatoms. The van der Waals surface area contributed by atoms with Crippen molar-refractivity contribution in [3.63, 3.8) is 0 Å². The van der Waals surface area contributed by atoms with E-state index in [0.29, 0.717) is 6.54 Å². The standard InChI is InChI=1S/C13H16ClFN2O.ClH/c1-16-8-9-4-3-7-17(9)13(18)10-5-2-6-11(14)12(10)15;/h2,5-6,9,16H,3-4,7-8H2,1H3;1H. The minimum atomic E-state index is -0.626. The van der Waals surface area contributed by atoms with Crippen molar-refractivity contribution in [1.82, 2.24) is 10.2 Å². The van der Waals surface area contributed by atoms with Gasteiger partial charge in [-0.15, -0.1) is 12.4 Å². The first-order valence-electron chi connectivity index (χ1n) is 6.04. The van der Waals surface area contributed by atoms with Gasteiger partial charge in [-0.25, -0.2) is 4.39 Å². The van der Waals surface area contributed by atoms with E-state index < -0.39 is 5.82 Å². The molecule has 0 spiro atoms. The van der Waals surface area contributed by atoms with Crippen LogP contribution in [0.1, 0.15) is 23.2 Å². The summed E-state index contributed by atoms with van der Waals surface area (Å²) in [5, 5.41) is 3.05. The van der Waals surface area contributed by atoms with E-state index in [4.69, 9.17) is 11.6 Å². The van der Waals surface area contributed by atoms with Crippen molar-refractivity contribution < 1.29 is 9.18 Å². The highest BCUT2D eigenvalue weighted by atomic mass is 35.5. The number of rotatable bonds is 3. The van der Waals surface area contributed by atoms with E-state index in [0.717, 1.165) is 19.4 Å². The van der Waals surface area contributed by atoms with E-state index in [2.05, 4.69) is 5.32 Å². The van der Waals surface area contributed by atoms with Crippen LogP contribution in [0.25, 0.3) is 0 Å². The van der Waals surface area contributed by atoms with Crippen molar-refractivity contribution in [2.24, 2.45) is 0 Å². The van der Waals surface area contributed by atoms with E-state index in [1.807, 2.05) is 7.05 Å². The molecule has 19 heavy (non-hydrogen) atoms.